The average Bonchev–Trinajstić information content (AvgIpc) is 2.57. The van der Waals surface area contributed by atoms with Crippen molar-refractivity contribution in [3.63, 3.8) is 0 Å². The molecule has 0 N–H and O–H groups in total. The predicted octanol–water partition coefficient (Wildman–Crippen LogP) is 4.38. The van der Waals surface area contributed by atoms with Crippen molar-refractivity contribution in [3.05, 3.63) is 35.4 Å². The Bertz CT molecular complexity index is 425. The first kappa shape index (κ1) is 18.2. The van der Waals surface area contributed by atoms with Gasteiger partial charge in [0.15, 0.2) is 0 Å². The highest BCUT2D eigenvalue weighted by molar-refractivity contribution is 5.93. The lowest BCUT2D eigenvalue weighted by Gasteiger charge is -2.15. The molecule has 0 bridgehead atoms. The zero-order valence-corrected chi connectivity index (χ0v) is 13.9. The van der Waals surface area contributed by atoms with Crippen LogP contribution in [0.5, 0.6) is 0 Å². The summed E-state index contributed by atoms with van der Waals surface area (Å²) >= 11 is 0. The van der Waals surface area contributed by atoms with Crippen LogP contribution in [0.4, 0.5) is 0 Å². The molecule has 0 heterocycles. The molecule has 1 aromatic carbocycles. The van der Waals surface area contributed by atoms with E-state index in [1.165, 1.54) is 0 Å². The van der Waals surface area contributed by atoms with Crippen molar-refractivity contribution in [2.75, 3.05) is 0 Å². The molecule has 122 valence electrons. The Morgan fingerprint density at radius 2 is 1.00 bits per heavy atom. The Labute approximate surface area is 132 Å². The summed E-state index contributed by atoms with van der Waals surface area (Å²) in [4.78, 5) is 24.0. The second-order valence-corrected chi connectivity index (χ2v) is 5.26. The van der Waals surface area contributed by atoms with Crippen LogP contribution in [0.15, 0.2) is 24.3 Å². The molecule has 0 aliphatic heterocycles. The maximum Gasteiger partial charge on any atom is 0.338 e. The van der Waals surface area contributed by atoms with Crippen LogP contribution in [0.3, 0.4) is 0 Å². The van der Waals surface area contributed by atoms with Gasteiger partial charge >= 0.3 is 11.9 Å². The fraction of sp³-hybridized carbons (Fsp3) is 0.556. The third-order valence-corrected chi connectivity index (χ3v) is 3.73. The molecule has 0 atom stereocenters. The zero-order valence-electron chi connectivity index (χ0n) is 13.9. The molecule has 4 heteroatoms. The van der Waals surface area contributed by atoms with Crippen molar-refractivity contribution in [2.45, 2.75) is 65.6 Å². The molecule has 0 unspecified atom stereocenters. The van der Waals surface area contributed by atoms with E-state index in [1.807, 2.05) is 27.7 Å². The van der Waals surface area contributed by atoms with E-state index >= 15 is 0 Å². The Kier molecular flexibility index (Phi) is 7.64. The minimum Gasteiger partial charge on any atom is -0.459 e. The van der Waals surface area contributed by atoms with Gasteiger partial charge < -0.3 is 9.47 Å². The molecule has 0 aromatic heterocycles. The van der Waals surface area contributed by atoms with Crippen molar-refractivity contribution in [1.82, 2.24) is 0 Å². The Morgan fingerprint density at radius 1 is 0.727 bits per heavy atom. The molecule has 0 spiro atoms. The van der Waals surface area contributed by atoms with Gasteiger partial charge in [0.05, 0.1) is 11.1 Å². The Hall–Kier alpha value is -1.84. The number of carbonyl (C=O) groups excluding carboxylic acids is 2. The second kappa shape index (κ2) is 9.23. The van der Waals surface area contributed by atoms with Gasteiger partial charge in [0.1, 0.15) is 12.2 Å². The average molecular weight is 306 g/mol. The number of hydrogen-bond donors (Lipinski definition) is 0. The first-order chi connectivity index (χ1) is 10.5. The molecule has 22 heavy (non-hydrogen) atoms. The molecule has 0 radical (unpaired) electrons. The van der Waals surface area contributed by atoms with E-state index in [1.54, 1.807) is 24.3 Å². The fourth-order valence-corrected chi connectivity index (χ4v) is 2.09. The second-order valence-electron chi connectivity index (χ2n) is 5.26. The van der Waals surface area contributed by atoms with Crippen LogP contribution < -0.4 is 0 Å². The van der Waals surface area contributed by atoms with E-state index in [0.29, 0.717) is 11.1 Å². The molecule has 0 aliphatic rings. The molecule has 4 nitrogen and oxygen atoms in total. The van der Waals surface area contributed by atoms with Crippen LogP contribution in [-0.2, 0) is 9.47 Å². The first-order valence-corrected chi connectivity index (χ1v) is 8.07. The summed E-state index contributed by atoms with van der Waals surface area (Å²) in [5.74, 6) is -0.706. The van der Waals surface area contributed by atoms with Crippen molar-refractivity contribution in [2.24, 2.45) is 0 Å². The molecule has 0 fully saturated rings. The number of ether oxygens (including phenoxy) is 2. The van der Waals surface area contributed by atoms with Crippen molar-refractivity contribution < 1.29 is 19.1 Å². The van der Waals surface area contributed by atoms with Gasteiger partial charge in [0.2, 0.25) is 0 Å². The SMILES string of the molecule is CCC(CC)OC(=O)c1ccc(C(=O)OC(CC)CC)cc1. The highest BCUT2D eigenvalue weighted by Gasteiger charge is 2.16. The molecule has 0 amide bonds. The summed E-state index contributed by atoms with van der Waals surface area (Å²) in [5, 5.41) is 0. The lowest BCUT2D eigenvalue weighted by atomic mass is 10.1. The van der Waals surface area contributed by atoms with Gasteiger partial charge in [-0.15, -0.1) is 0 Å². The summed E-state index contributed by atoms with van der Waals surface area (Å²) in [7, 11) is 0. The number of benzene rings is 1. The van der Waals surface area contributed by atoms with Gasteiger partial charge in [-0.05, 0) is 49.9 Å². The van der Waals surface area contributed by atoms with E-state index in [0.717, 1.165) is 25.7 Å². The fourth-order valence-electron chi connectivity index (χ4n) is 2.09. The minimum absolute atomic E-state index is 0.0630. The quantitative estimate of drug-likeness (QED) is 0.669. The van der Waals surface area contributed by atoms with Crippen LogP contribution in [0.25, 0.3) is 0 Å². The van der Waals surface area contributed by atoms with Crippen molar-refractivity contribution in [1.29, 1.82) is 0 Å². The minimum atomic E-state index is -0.353. The van der Waals surface area contributed by atoms with Crippen LogP contribution in [0.2, 0.25) is 0 Å². The van der Waals surface area contributed by atoms with Gasteiger partial charge in [0, 0.05) is 0 Å². The van der Waals surface area contributed by atoms with Gasteiger partial charge in [-0.1, -0.05) is 27.7 Å². The number of rotatable bonds is 8. The maximum atomic E-state index is 12.0. The molecule has 0 aliphatic carbocycles. The third kappa shape index (κ3) is 5.17. The van der Waals surface area contributed by atoms with Crippen LogP contribution in [0.1, 0.15) is 74.1 Å². The smallest absolute Gasteiger partial charge is 0.338 e. The summed E-state index contributed by atoms with van der Waals surface area (Å²) in [5.41, 5.74) is 0.900. The third-order valence-electron chi connectivity index (χ3n) is 3.73. The predicted molar refractivity (Wildman–Crippen MR) is 86.0 cm³/mol. The van der Waals surface area contributed by atoms with Crippen molar-refractivity contribution in [3.8, 4) is 0 Å². The van der Waals surface area contributed by atoms with Crippen LogP contribution in [-0.4, -0.2) is 24.1 Å². The summed E-state index contributed by atoms with van der Waals surface area (Å²) in [6, 6.07) is 6.42. The summed E-state index contributed by atoms with van der Waals surface area (Å²) in [6.45, 7) is 7.94. The van der Waals surface area contributed by atoms with E-state index in [2.05, 4.69) is 0 Å². The number of carbonyl (C=O) groups is 2. The molecule has 0 saturated carbocycles. The Balaban J connectivity index is 2.69. The standard InChI is InChI=1S/C18H26O4/c1-5-15(6-2)21-17(19)13-9-11-14(12-10-13)18(20)22-16(7-3)8-4/h9-12,15-16H,5-8H2,1-4H3. The molecule has 0 saturated heterocycles. The number of esters is 2. The monoisotopic (exact) mass is 306 g/mol. The van der Waals surface area contributed by atoms with Gasteiger partial charge in [-0.2, -0.15) is 0 Å². The van der Waals surface area contributed by atoms with Gasteiger partial charge in [-0.3, -0.25) is 0 Å². The lowest BCUT2D eigenvalue weighted by Crippen LogP contribution is -2.18. The molecular formula is C18H26O4. The highest BCUT2D eigenvalue weighted by atomic mass is 16.5. The summed E-state index contributed by atoms with van der Waals surface area (Å²) < 4.78 is 10.8. The molecule has 1 aromatic rings. The topological polar surface area (TPSA) is 52.6 Å². The first-order valence-electron chi connectivity index (χ1n) is 8.07. The lowest BCUT2D eigenvalue weighted by molar-refractivity contribution is 0.0270. The highest BCUT2D eigenvalue weighted by Crippen LogP contribution is 2.13. The van der Waals surface area contributed by atoms with E-state index < -0.39 is 0 Å². The normalized spacial score (nSPS) is 10.8. The molecule has 1 rings (SSSR count). The van der Waals surface area contributed by atoms with Crippen LogP contribution in [0, 0.1) is 0 Å². The van der Waals surface area contributed by atoms with Crippen molar-refractivity contribution >= 4 is 11.9 Å². The van der Waals surface area contributed by atoms with E-state index in [-0.39, 0.29) is 24.1 Å². The zero-order chi connectivity index (χ0) is 16.5. The van der Waals surface area contributed by atoms with Gasteiger partial charge in [-0.25, -0.2) is 9.59 Å². The van der Waals surface area contributed by atoms with E-state index in [4.69, 9.17) is 9.47 Å². The van der Waals surface area contributed by atoms with Crippen LogP contribution >= 0.6 is 0 Å². The molecular weight excluding hydrogens is 280 g/mol. The van der Waals surface area contributed by atoms with Gasteiger partial charge in [0.25, 0.3) is 0 Å². The maximum absolute atomic E-state index is 12.0. The summed E-state index contributed by atoms with van der Waals surface area (Å²) in [6.07, 6.45) is 3.05. The van der Waals surface area contributed by atoms with E-state index in [9.17, 15) is 9.59 Å². The Morgan fingerprint density at radius 3 is 1.23 bits per heavy atom. The number of hydrogen-bond acceptors (Lipinski definition) is 4. The largest absolute Gasteiger partial charge is 0.459 e.